The Labute approximate surface area is 146 Å². The molecule has 0 radical (unpaired) electrons. The molecule has 1 atom stereocenters. The van der Waals surface area contributed by atoms with E-state index in [-0.39, 0.29) is 18.3 Å². The van der Waals surface area contributed by atoms with E-state index in [1.807, 2.05) is 45.3 Å². The highest BCUT2D eigenvalue weighted by atomic mass is 35.5. The zero-order valence-electron chi connectivity index (χ0n) is 14.6. The van der Waals surface area contributed by atoms with Crippen LogP contribution in [0.4, 0.5) is 0 Å². The van der Waals surface area contributed by atoms with Gasteiger partial charge in [0.15, 0.2) is 0 Å². The molecule has 0 heterocycles. The van der Waals surface area contributed by atoms with Crippen LogP contribution in [0.25, 0.3) is 0 Å². The summed E-state index contributed by atoms with van der Waals surface area (Å²) in [5.74, 6) is 0.677. The summed E-state index contributed by atoms with van der Waals surface area (Å²) in [5, 5.41) is 2.91. The van der Waals surface area contributed by atoms with Crippen molar-refractivity contribution in [2.45, 2.75) is 38.8 Å². The second-order valence-corrected chi connectivity index (χ2v) is 6.11. The van der Waals surface area contributed by atoms with E-state index in [1.54, 1.807) is 6.92 Å². The number of para-hydroxylation sites is 1. The van der Waals surface area contributed by atoms with Gasteiger partial charge in [0.25, 0.3) is 0 Å². The molecule has 132 valence electrons. The van der Waals surface area contributed by atoms with E-state index in [9.17, 15) is 4.79 Å². The summed E-state index contributed by atoms with van der Waals surface area (Å²) in [6.45, 7) is 5.67. The first kappa shape index (κ1) is 21.7. The van der Waals surface area contributed by atoms with Crippen molar-refractivity contribution in [3.05, 3.63) is 29.8 Å². The number of likely N-dealkylation sites (N-methyl/N-ethyl adjacent to an activating group) is 1. The third-order valence-corrected chi connectivity index (χ3v) is 3.50. The lowest BCUT2D eigenvalue weighted by Crippen LogP contribution is -2.51. The summed E-state index contributed by atoms with van der Waals surface area (Å²) in [4.78, 5) is 14.2. The van der Waals surface area contributed by atoms with E-state index in [1.165, 1.54) is 0 Å². The fourth-order valence-electron chi connectivity index (χ4n) is 2.14. The van der Waals surface area contributed by atoms with Gasteiger partial charge in [-0.25, -0.2) is 0 Å². The fourth-order valence-corrected chi connectivity index (χ4v) is 2.14. The van der Waals surface area contributed by atoms with Crippen LogP contribution in [0.2, 0.25) is 0 Å². The molecular formula is C17H30ClN3O2. The van der Waals surface area contributed by atoms with Crippen LogP contribution in [0.1, 0.15) is 32.3 Å². The first-order valence-corrected chi connectivity index (χ1v) is 7.79. The number of carbonyl (C=O) groups is 1. The van der Waals surface area contributed by atoms with Crippen molar-refractivity contribution >= 4 is 18.3 Å². The standard InChI is InChI=1S/C17H29N3O2.ClH/c1-5-10-17(2,18)16(21)19-13-14-8-6-7-9-15(14)22-12-11-20(3)4;/h6-9H,5,10-13,18H2,1-4H3,(H,19,21);1H. The fraction of sp³-hybridized carbons (Fsp3) is 0.588. The lowest BCUT2D eigenvalue weighted by atomic mass is 9.96. The van der Waals surface area contributed by atoms with Gasteiger partial charge in [-0.1, -0.05) is 31.5 Å². The molecule has 1 amide bonds. The van der Waals surface area contributed by atoms with E-state index < -0.39 is 5.54 Å². The SMILES string of the molecule is CCCC(C)(N)C(=O)NCc1ccccc1OCCN(C)C.Cl. The Morgan fingerprint density at radius 3 is 2.61 bits per heavy atom. The smallest absolute Gasteiger partial charge is 0.240 e. The van der Waals surface area contributed by atoms with Gasteiger partial charge in [0, 0.05) is 18.7 Å². The average Bonchev–Trinajstić information content (AvgIpc) is 2.45. The zero-order chi connectivity index (χ0) is 16.6. The Hall–Kier alpha value is -1.30. The third kappa shape index (κ3) is 7.68. The number of benzene rings is 1. The van der Waals surface area contributed by atoms with Crippen molar-refractivity contribution in [1.29, 1.82) is 0 Å². The van der Waals surface area contributed by atoms with E-state index in [0.717, 1.165) is 24.3 Å². The van der Waals surface area contributed by atoms with Crippen LogP contribution >= 0.6 is 12.4 Å². The minimum Gasteiger partial charge on any atom is -0.492 e. The number of rotatable bonds is 9. The Kier molecular flexibility index (Phi) is 9.88. The molecule has 0 saturated heterocycles. The summed E-state index contributed by atoms with van der Waals surface area (Å²) in [6, 6.07) is 7.75. The number of ether oxygens (including phenoxy) is 1. The van der Waals surface area contributed by atoms with Crippen LogP contribution in [0.5, 0.6) is 5.75 Å². The molecule has 0 aliphatic heterocycles. The third-order valence-electron chi connectivity index (χ3n) is 3.50. The number of amides is 1. The highest BCUT2D eigenvalue weighted by molar-refractivity contribution is 5.85. The molecule has 3 N–H and O–H groups in total. The lowest BCUT2D eigenvalue weighted by molar-refractivity contribution is -0.126. The minimum atomic E-state index is -0.824. The molecule has 1 aromatic carbocycles. The van der Waals surface area contributed by atoms with Gasteiger partial charge in [-0.2, -0.15) is 0 Å². The molecule has 0 bridgehead atoms. The summed E-state index contributed by atoms with van der Waals surface area (Å²) in [5.41, 5.74) is 6.17. The predicted octanol–water partition coefficient (Wildman–Crippen LogP) is 2.18. The molecule has 1 unspecified atom stereocenters. The van der Waals surface area contributed by atoms with Gasteiger partial charge in [-0.05, 0) is 33.5 Å². The van der Waals surface area contributed by atoms with Crippen LogP contribution in [0.15, 0.2) is 24.3 Å². The van der Waals surface area contributed by atoms with Gasteiger partial charge in [-0.15, -0.1) is 12.4 Å². The van der Waals surface area contributed by atoms with Crippen molar-refractivity contribution in [3.63, 3.8) is 0 Å². The van der Waals surface area contributed by atoms with Crippen molar-refractivity contribution in [2.75, 3.05) is 27.2 Å². The summed E-state index contributed by atoms with van der Waals surface area (Å²) < 4.78 is 5.79. The number of nitrogens with one attached hydrogen (secondary N) is 1. The quantitative estimate of drug-likeness (QED) is 0.721. The van der Waals surface area contributed by atoms with Gasteiger partial charge in [0.1, 0.15) is 12.4 Å². The Balaban J connectivity index is 0.00000484. The summed E-state index contributed by atoms with van der Waals surface area (Å²) in [7, 11) is 4.01. The maximum absolute atomic E-state index is 12.2. The molecule has 6 heteroatoms. The highest BCUT2D eigenvalue weighted by Gasteiger charge is 2.26. The molecule has 0 spiro atoms. The van der Waals surface area contributed by atoms with E-state index in [4.69, 9.17) is 10.5 Å². The maximum atomic E-state index is 12.2. The van der Waals surface area contributed by atoms with E-state index in [0.29, 0.717) is 19.6 Å². The summed E-state index contributed by atoms with van der Waals surface area (Å²) >= 11 is 0. The first-order chi connectivity index (χ1) is 10.4. The second-order valence-electron chi connectivity index (χ2n) is 6.11. The lowest BCUT2D eigenvalue weighted by Gasteiger charge is -2.23. The molecule has 0 aromatic heterocycles. The number of hydrogen-bond donors (Lipinski definition) is 2. The molecule has 0 aliphatic carbocycles. The van der Waals surface area contributed by atoms with Crippen molar-refractivity contribution in [2.24, 2.45) is 5.73 Å². The van der Waals surface area contributed by atoms with Gasteiger partial charge in [-0.3, -0.25) is 4.79 Å². The molecule has 1 rings (SSSR count). The average molecular weight is 344 g/mol. The van der Waals surface area contributed by atoms with Gasteiger partial charge in [0.2, 0.25) is 5.91 Å². The molecule has 0 aliphatic rings. The molecule has 23 heavy (non-hydrogen) atoms. The second kappa shape index (κ2) is 10.5. The number of nitrogens with two attached hydrogens (primary N) is 1. The van der Waals surface area contributed by atoms with Crippen LogP contribution in [0.3, 0.4) is 0 Å². The number of carbonyl (C=O) groups excluding carboxylic acids is 1. The van der Waals surface area contributed by atoms with Crippen molar-refractivity contribution in [3.8, 4) is 5.75 Å². The Bertz CT molecular complexity index is 479. The molecule has 0 saturated carbocycles. The van der Waals surface area contributed by atoms with E-state index >= 15 is 0 Å². The first-order valence-electron chi connectivity index (χ1n) is 7.79. The molecule has 0 fully saturated rings. The van der Waals surface area contributed by atoms with Gasteiger partial charge >= 0.3 is 0 Å². The van der Waals surface area contributed by atoms with Crippen molar-refractivity contribution < 1.29 is 9.53 Å². The number of hydrogen-bond acceptors (Lipinski definition) is 4. The molecular weight excluding hydrogens is 314 g/mol. The molecule has 1 aromatic rings. The van der Waals surface area contributed by atoms with E-state index in [2.05, 4.69) is 10.2 Å². The van der Waals surface area contributed by atoms with Crippen LogP contribution < -0.4 is 15.8 Å². The highest BCUT2D eigenvalue weighted by Crippen LogP contribution is 2.18. The topological polar surface area (TPSA) is 67.6 Å². The van der Waals surface area contributed by atoms with Crippen LogP contribution in [-0.2, 0) is 11.3 Å². The van der Waals surface area contributed by atoms with Gasteiger partial charge in [0.05, 0.1) is 5.54 Å². The largest absolute Gasteiger partial charge is 0.492 e. The van der Waals surface area contributed by atoms with Gasteiger partial charge < -0.3 is 20.7 Å². The molecule has 5 nitrogen and oxygen atoms in total. The number of nitrogens with zero attached hydrogens (tertiary/aromatic N) is 1. The monoisotopic (exact) mass is 343 g/mol. The zero-order valence-corrected chi connectivity index (χ0v) is 15.4. The maximum Gasteiger partial charge on any atom is 0.240 e. The Morgan fingerprint density at radius 1 is 1.35 bits per heavy atom. The minimum absolute atomic E-state index is 0. The number of halogens is 1. The van der Waals surface area contributed by atoms with Crippen LogP contribution in [0, 0.1) is 0 Å². The normalized spacial score (nSPS) is 13.1. The predicted molar refractivity (Wildman–Crippen MR) is 97.1 cm³/mol. The summed E-state index contributed by atoms with van der Waals surface area (Å²) in [6.07, 6.45) is 1.55. The van der Waals surface area contributed by atoms with Crippen LogP contribution in [-0.4, -0.2) is 43.6 Å². The Morgan fingerprint density at radius 2 is 2.00 bits per heavy atom. The van der Waals surface area contributed by atoms with Crippen molar-refractivity contribution in [1.82, 2.24) is 10.2 Å².